The summed E-state index contributed by atoms with van der Waals surface area (Å²) in [4.78, 5) is 153. The van der Waals surface area contributed by atoms with E-state index in [-0.39, 0.29) is 83.3 Å². The van der Waals surface area contributed by atoms with Gasteiger partial charge in [0.05, 0.1) is 23.5 Å². The molecule has 19 aliphatic rings. The topological polar surface area (TPSA) is 239 Å². The molecule has 16 bridgehead atoms. The Labute approximate surface area is 840 Å². The minimum Gasteiger partial charge on any atom is -0.474 e. The largest absolute Gasteiger partial charge is 0.474 e. The number of amides is 8. The number of anilines is 5. The van der Waals surface area contributed by atoms with E-state index in [1.54, 1.807) is 45.0 Å². The number of aliphatic carboxylic acids is 1. The number of ketones is 4. The number of carbonyl (C=O) groups is 10. The van der Waals surface area contributed by atoms with E-state index in [0.717, 1.165) is 179 Å². The molecule has 141 heavy (non-hydrogen) atoms. The number of nitrogens with one attached hydrogen (secondary N) is 1. The van der Waals surface area contributed by atoms with Crippen LogP contribution < -0.4 is 24.9 Å². The molecule has 11 heterocycles. The van der Waals surface area contributed by atoms with Crippen molar-refractivity contribution < 1.29 is 53.1 Å². The van der Waals surface area contributed by atoms with Crippen LogP contribution in [0.4, 0.5) is 42.8 Å². The van der Waals surface area contributed by atoms with Crippen molar-refractivity contribution in [2.75, 3.05) is 51.1 Å². The van der Waals surface area contributed by atoms with Gasteiger partial charge in [-0.1, -0.05) is 169 Å². The van der Waals surface area contributed by atoms with E-state index in [1.807, 2.05) is 57.2 Å². The summed E-state index contributed by atoms with van der Waals surface area (Å²) in [6.07, 6.45) is 61.3. The normalized spacial score (nSPS) is 35.8. The van der Waals surface area contributed by atoms with Crippen molar-refractivity contribution in [3.8, 4) is 0 Å². The third-order valence-corrected chi connectivity index (χ3v) is 39.4. The summed E-state index contributed by atoms with van der Waals surface area (Å²) in [7, 11) is 0. The molecule has 8 saturated carbocycles. The molecule has 0 spiro atoms. The molecule has 23 rings (SSSR count). The Kier molecular flexibility index (Phi) is 31.8. The van der Waals surface area contributed by atoms with Gasteiger partial charge >= 0.3 is 30.0 Å². The van der Waals surface area contributed by atoms with E-state index >= 15 is 0 Å². The zero-order valence-corrected chi connectivity index (χ0v) is 85.5. The first-order valence-corrected chi connectivity index (χ1v) is 57.1. The van der Waals surface area contributed by atoms with Gasteiger partial charge in [-0.25, -0.2) is 19.2 Å². The molecule has 0 radical (unpaired) electrons. The fourth-order valence-electron chi connectivity index (χ4n) is 33.9. The zero-order valence-electron chi connectivity index (χ0n) is 85.5. The summed E-state index contributed by atoms with van der Waals surface area (Å²) < 4.78 is 0. The first-order valence-electron chi connectivity index (χ1n) is 57.1. The fraction of sp³-hybridized carbons (Fsp3) is 0.712. The van der Waals surface area contributed by atoms with Gasteiger partial charge in [-0.2, -0.15) is 0 Å². The SMILES string of the molecule is CC(=O)C(=O)N(c1ccccc1NC(=O)C(=O)O)C1C[C@H]2CCC[C@@H](C1)N2C1C[C@H]2CCC[C@@H](C1)C2.CC(=O)C1CCCN1C(=O)N(c1ccccc1)C1C[C@H]2CCC[C@@H](C1)N2C1C[C@H]2CCC[C@@H](C1)C2.CC(=O)[C@@H]1CCCN1C(=O)N(c1ccccc1)C1C[C@H]2CCC[C@@H](C1)N2C1C[C@H]2CCC[C@@H](C1)C2.CC(=O)[C@@H]1CCN(C(=O)N(c2ccccc2)C2C[C@H]3CCC[C@@H](C2)N3C2C[C@H]3CCC[C@@H](C2)C3)C1. The average molecular weight is 1930 g/mol. The Morgan fingerprint density at radius 1 is 0.284 bits per heavy atom. The van der Waals surface area contributed by atoms with Gasteiger partial charge in [0.2, 0.25) is 5.78 Å². The Balaban J connectivity index is 0.000000115. The number of rotatable bonds is 17. The summed E-state index contributed by atoms with van der Waals surface area (Å²) in [5, 5.41) is 11.5. The maximum atomic E-state index is 14.1. The number of nitrogens with zero attached hydrogens (tertiary/aromatic N) is 11. The molecule has 4 aromatic carbocycles. The number of carboxylic acids is 1. The van der Waals surface area contributed by atoms with Gasteiger partial charge in [0.15, 0.2) is 11.6 Å². The lowest BCUT2D eigenvalue weighted by molar-refractivity contribution is -0.147. The predicted octanol–water partition coefficient (Wildman–Crippen LogP) is 21.9. The van der Waals surface area contributed by atoms with Crippen molar-refractivity contribution in [2.45, 2.75) is 451 Å². The number of hydrogen-bond donors (Lipinski definition) is 2. The molecule has 9 unspecified atom stereocenters. The van der Waals surface area contributed by atoms with Gasteiger partial charge in [-0.3, -0.25) is 63.1 Å². The second-order valence-corrected chi connectivity index (χ2v) is 48.3. The van der Waals surface area contributed by atoms with E-state index in [0.29, 0.717) is 86.2 Å². The number of carbonyl (C=O) groups excluding carboxylic acids is 9. The van der Waals surface area contributed by atoms with Crippen LogP contribution >= 0.6 is 0 Å². The highest BCUT2D eigenvalue weighted by molar-refractivity contribution is 6.41. The van der Waals surface area contributed by atoms with Crippen molar-refractivity contribution >= 4 is 87.4 Å². The predicted molar refractivity (Wildman–Crippen MR) is 554 cm³/mol. The first-order chi connectivity index (χ1) is 68.5. The molecule has 11 saturated heterocycles. The number of hydrogen-bond acceptors (Lipinski definition) is 14. The maximum absolute atomic E-state index is 14.1. The van der Waals surface area contributed by atoms with Crippen molar-refractivity contribution in [3.63, 3.8) is 0 Å². The Morgan fingerprint density at radius 2 is 0.567 bits per heavy atom. The second-order valence-electron chi connectivity index (χ2n) is 48.3. The van der Waals surface area contributed by atoms with Crippen molar-refractivity contribution in [2.24, 2.45) is 53.3 Å². The number of piperidine rings is 8. The van der Waals surface area contributed by atoms with Crippen molar-refractivity contribution in [1.29, 1.82) is 0 Å². The number of fused-ring (bicyclic) bond motifs is 16. The molecular formula is C118H166N12O11. The molecule has 2 N–H and O–H groups in total. The first kappa shape index (κ1) is 99.9. The van der Waals surface area contributed by atoms with Gasteiger partial charge in [0.1, 0.15) is 5.78 Å². The zero-order chi connectivity index (χ0) is 97.2. The lowest BCUT2D eigenvalue weighted by atomic mass is 9.68. The van der Waals surface area contributed by atoms with Crippen molar-refractivity contribution in [3.05, 3.63) is 115 Å². The van der Waals surface area contributed by atoms with Crippen LogP contribution in [0.1, 0.15) is 342 Å². The molecule has 4 aromatic rings. The van der Waals surface area contributed by atoms with E-state index in [9.17, 15) is 47.9 Å². The molecular weight excluding hydrogens is 1760 g/mol. The summed E-state index contributed by atoms with van der Waals surface area (Å²) in [5.74, 6) is 3.92. The Hall–Kier alpha value is -8.38. The summed E-state index contributed by atoms with van der Waals surface area (Å²) in [6, 6.07) is 45.0. The Morgan fingerprint density at radius 3 is 0.851 bits per heavy atom. The Bertz CT molecular complexity index is 4770. The number of likely N-dealkylation sites (tertiary alicyclic amines) is 3. The number of urea groups is 3. The lowest BCUT2D eigenvalue weighted by Crippen LogP contribution is -2.63. The van der Waals surface area contributed by atoms with Gasteiger partial charge in [-0.05, 0) is 329 Å². The van der Waals surface area contributed by atoms with Gasteiger partial charge in [-0.15, -0.1) is 0 Å². The molecule has 0 aromatic heterocycles. The third-order valence-electron chi connectivity index (χ3n) is 39.4. The van der Waals surface area contributed by atoms with E-state index < -0.39 is 23.6 Å². The van der Waals surface area contributed by atoms with Crippen LogP contribution in [-0.4, -0.2) is 233 Å². The fourth-order valence-corrected chi connectivity index (χ4v) is 33.9. The highest BCUT2D eigenvalue weighted by Gasteiger charge is 2.55. The molecule has 11 aliphatic heterocycles. The van der Waals surface area contributed by atoms with Crippen LogP contribution in [0.15, 0.2) is 115 Å². The van der Waals surface area contributed by atoms with Crippen LogP contribution in [-0.2, 0) is 33.6 Å². The molecule has 19 fully saturated rings. The van der Waals surface area contributed by atoms with Crippen LogP contribution in [0.3, 0.4) is 0 Å². The number of Topliss-reactive ketones (excluding diaryl/α,β-unsaturated/α-hetero) is 4. The number of benzene rings is 4. The van der Waals surface area contributed by atoms with Gasteiger partial charge in [0.25, 0.3) is 5.91 Å². The van der Waals surface area contributed by atoms with Crippen LogP contribution in [0.2, 0.25) is 0 Å². The maximum Gasteiger partial charge on any atom is 0.394 e. The molecule has 764 valence electrons. The summed E-state index contributed by atoms with van der Waals surface area (Å²) >= 11 is 0. The minimum absolute atomic E-state index is 0.00329. The van der Waals surface area contributed by atoms with Gasteiger partial charge < -0.3 is 30.0 Å². The van der Waals surface area contributed by atoms with Crippen molar-refractivity contribution in [1.82, 2.24) is 34.3 Å². The standard InChI is InChI=1S/3C30H43N3O2.C28H37N3O5/c2*1-21(34)29-14-7-15-31(29)30(35)33(24-10-3-2-4-11-24)28-19-25-12-6-13-26(20-28)32(25)27-17-22-8-5-9-23(16-22)18-27;1-21(34)24-13-14-31(20-24)30(35)33(25-9-3-2-4-10-25)29-18-26-11-6-12-27(19-29)32(26)28-16-22-7-5-8-23(15-22)17-28;1-17(32)27(34)31(25-11-3-2-10-24(25)29-26(33)28(35)36)23-15-20-8-5-9-21(16-23)30(20)22-13-18-6-4-7-19(12-18)14-22/h2*2-4,10-11,22-23,25-29H,5-9,12-20H2,1H3;2-4,9-10,22-24,26-29H,5-8,11-20H2,1H3;2-3,10-11,18-23H,4-9,12-16H2,1H3,(H,29,33)(H,35,36)/t22-,23+,25-,26+,27?,28?,29?;22-,23+,25-,26+,27?,28?,29-;22-,23+,24-,26-,27+,28?,29?;18-,19+,20-,21+,22?,23?/m.01./s1. The lowest BCUT2D eigenvalue weighted by Gasteiger charge is -2.56. The summed E-state index contributed by atoms with van der Waals surface area (Å²) in [6.45, 7) is 8.90. The smallest absolute Gasteiger partial charge is 0.394 e. The van der Waals surface area contributed by atoms with Crippen LogP contribution in [0.5, 0.6) is 0 Å². The molecule has 8 amide bonds. The number of carboxylic acid groups (broad SMARTS) is 1. The quantitative estimate of drug-likeness (QED) is 0.0935. The summed E-state index contributed by atoms with van der Waals surface area (Å²) in [5.41, 5.74) is 3.63. The van der Waals surface area contributed by atoms with Gasteiger partial charge in [0, 0.05) is 153 Å². The second kappa shape index (κ2) is 44.9. The van der Waals surface area contributed by atoms with Crippen LogP contribution in [0.25, 0.3) is 0 Å². The van der Waals surface area contributed by atoms with E-state index in [1.165, 1.54) is 230 Å². The third kappa shape index (κ3) is 22.2. The highest BCUT2D eigenvalue weighted by Crippen LogP contribution is 2.54. The molecule has 23 heteroatoms. The van der Waals surface area contributed by atoms with Crippen LogP contribution in [0, 0.1) is 53.3 Å². The highest BCUT2D eigenvalue weighted by atomic mass is 16.4. The molecule has 27 atom stereocenters. The number of para-hydroxylation sites is 5. The van der Waals surface area contributed by atoms with E-state index in [4.69, 9.17) is 5.11 Å². The monoisotopic (exact) mass is 1930 g/mol. The molecule has 23 nitrogen and oxygen atoms in total. The molecule has 8 aliphatic carbocycles. The average Bonchev–Trinajstić information content (AvgIpc) is 1.48. The van der Waals surface area contributed by atoms with E-state index in [2.05, 4.69) is 88.1 Å². The minimum atomic E-state index is -1.60.